The van der Waals surface area contributed by atoms with Gasteiger partial charge in [0.05, 0.1) is 52.7 Å². The smallest absolute Gasteiger partial charge is 0.408 e. The number of aliphatic hydroxyl groups is 1. The highest BCUT2D eigenvalue weighted by molar-refractivity contribution is 7.13. The number of nitrogens with one attached hydrogen (secondary N) is 4. The van der Waals surface area contributed by atoms with Crippen LogP contribution in [-0.4, -0.2) is 111 Å². The van der Waals surface area contributed by atoms with Gasteiger partial charge in [0.25, 0.3) is 0 Å². The second kappa shape index (κ2) is 25.6. The van der Waals surface area contributed by atoms with E-state index < -0.39 is 83.2 Å². The third-order valence-corrected chi connectivity index (χ3v) is 16.1. The van der Waals surface area contributed by atoms with Crippen molar-refractivity contribution in [2.75, 3.05) is 11.4 Å². The number of benzene rings is 3. The summed E-state index contributed by atoms with van der Waals surface area (Å²) in [6.07, 6.45) is 1.43. The molecule has 0 aliphatic carbocycles. The molecule has 0 spiro atoms. The van der Waals surface area contributed by atoms with Crippen molar-refractivity contribution in [2.45, 2.75) is 194 Å². The molecule has 1 unspecified atom stereocenters. The number of anilines is 1. The van der Waals surface area contributed by atoms with E-state index in [0.717, 1.165) is 49.5 Å². The molecule has 3 aliphatic heterocycles. The Labute approximate surface area is 468 Å². The van der Waals surface area contributed by atoms with Crippen molar-refractivity contribution in [3.8, 4) is 10.4 Å². The number of ether oxygens (including phenoxy) is 2. The zero-order valence-electron chi connectivity index (χ0n) is 47.4. The number of nitrogens with zero attached hydrogens (tertiary/aromatic N) is 3. The normalized spacial score (nSPS) is 19.6. The number of aliphatic hydroxyl groups excluding tert-OH is 1. The second-order valence-corrected chi connectivity index (χ2v) is 24.4. The van der Waals surface area contributed by atoms with Gasteiger partial charge in [-0.05, 0) is 131 Å². The maximum Gasteiger partial charge on any atom is 0.408 e. The predicted molar refractivity (Wildman–Crippen MR) is 303 cm³/mol. The van der Waals surface area contributed by atoms with E-state index in [1.807, 2.05) is 115 Å². The molecule has 1 aromatic heterocycles. The summed E-state index contributed by atoms with van der Waals surface area (Å²) in [4.78, 5) is 103. The molecule has 18 nitrogen and oxygen atoms in total. The molecule has 4 heterocycles. The lowest BCUT2D eigenvalue weighted by atomic mass is 9.85. The summed E-state index contributed by atoms with van der Waals surface area (Å²) in [5, 5.41) is 22.6. The van der Waals surface area contributed by atoms with Crippen molar-refractivity contribution in [3.63, 3.8) is 0 Å². The maximum atomic E-state index is 14.3. The van der Waals surface area contributed by atoms with Gasteiger partial charge >= 0.3 is 6.09 Å². The molecule has 8 atom stereocenters. The first-order valence-electron chi connectivity index (χ1n) is 27.6. The summed E-state index contributed by atoms with van der Waals surface area (Å²) in [5.74, 6) is -2.40. The molecule has 1 fully saturated rings. The molecule has 426 valence electrons. The first-order chi connectivity index (χ1) is 37.3. The van der Waals surface area contributed by atoms with Crippen molar-refractivity contribution in [1.82, 2.24) is 31.2 Å². The second-order valence-electron chi connectivity index (χ2n) is 23.6. The molecular weight excluding hydrogens is 1020 g/mol. The number of amides is 7. The van der Waals surface area contributed by atoms with Crippen molar-refractivity contribution in [3.05, 3.63) is 105 Å². The number of para-hydroxylation sites is 1. The molecule has 7 amide bonds. The average molecular weight is 1110 g/mol. The first kappa shape index (κ1) is 60.0. The van der Waals surface area contributed by atoms with E-state index in [-0.39, 0.29) is 63.1 Å². The summed E-state index contributed by atoms with van der Waals surface area (Å²) in [6, 6.07) is 15.1. The van der Waals surface area contributed by atoms with Crippen LogP contribution >= 0.6 is 11.3 Å². The van der Waals surface area contributed by atoms with Crippen LogP contribution in [0.3, 0.4) is 0 Å². The van der Waals surface area contributed by atoms with Gasteiger partial charge in [-0.3, -0.25) is 33.7 Å². The fourth-order valence-corrected chi connectivity index (χ4v) is 11.6. The number of unbranched alkanes of at least 4 members (excludes halogenated alkanes) is 1. The Kier molecular flexibility index (Phi) is 19.4. The lowest BCUT2D eigenvalue weighted by Crippen LogP contribution is -2.57. The maximum absolute atomic E-state index is 14.3. The molecule has 19 heteroatoms. The number of aryl methyl sites for hydroxylation is 4. The van der Waals surface area contributed by atoms with Gasteiger partial charge in [0, 0.05) is 32.2 Å². The Morgan fingerprint density at radius 2 is 1.59 bits per heavy atom. The minimum atomic E-state index is -0.932. The minimum Gasteiger partial charge on any atom is -0.444 e. The first-order valence-corrected chi connectivity index (χ1v) is 28.5. The quantitative estimate of drug-likeness (QED) is 0.0465. The fraction of sp³-hybridized carbons (Fsp3) is 0.533. The van der Waals surface area contributed by atoms with Crippen LogP contribution in [0.25, 0.3) is 10.4 Å². The van der Waals surface area contributed by atoms with Crippen LogP contribution in [-0.2, 0) is 64.1 Å². The summed E-state index contributed by atoms with van der Waals surface area (Å²) >= 11 is 1.57. The Bertz CT molecular complexity index is 2880. The van der Waals surface area contributed by atoms with Gasteiger partial charge in [0.1, 0.15) is 29.8 Å². The predicted octanol–water partition coefficient (Wildman–Crippen LogP) is 6.96. The number of rotatable bonds is 21. The molecular formula is C60H80N8O10S. The van der Waals surface area contributed by atoms with E-state index in [4.69, 9.17) is 15.2 Å². The van der Waals surface area contributed by atoms with Gasteiger partial charge in [-0.15, -0.1) is 11.3 Å². The molecule has 1 saturated heterocycles. The zero-order chi connectivity index (χ0) is 57.5. The highest BCUT2D eigenvalue weighted by Crippen LogP contribution is 2.39. The van der Waals surface area contributed by atoms with Gasteiger partial charge in [-0.25, -0.2) is 9.78 Å². The molecule has 0 saturated carbocycles. The third kappa shape index (κ3) is 15.4. The topological polar surface area (TPSA) is 252 Å². The van der Waals surface area contributed by atoms with E-state index in [9.17, 15) is 38.7 Å². The minimum absolute atomic E-state index is 0.000703. The van der Waals surface area contributed by atoms with Crippen LogP contribution in [0.1, 0.15) is 145 Å². The van der Waals surface area contributed by atoms with E-state index >= 15 is 0 Å². The third-order valence-electron chi connectivity index (χ3n) is 15.1. The highest BCUT2D eigenvalue weighted by atomic mass is 32.1. The Hall–Kier alpha value is -6.70. The summed E-state index contributed by atoms with van der Waals surface area (Å²) < 4.78 is 11.8. The van der Waals surface area contributed by atoms with Crippen LogP contribution in [0, 0.1) is 19.3 Å². The standard InChI is InChI=1S/C60H80N8O10S/c1-34-28-38(32-77-37(4)45(26-27-49(61)70)64-55(73)48-29-43-16-13-15-41-24-25-46(56(74)68(48)51(41)43)65-58(76)78-60(8,9)10)18-19-39(34)14-11-12-17-50(71)66-53(59(5,6)7)57(75)67-31-44(69)30-47(67)54(72)63-35(2)40-20-22-42(23-21-40)52-36(3)62-33-79-52/h13,15-16,18-23,28,33,35,37,44-48,53,69H,11-12,14,17,24-27,29-32H2,1-10H3,(H2,61,70)(H,63,72)(H,64,73)(H,65,76)(H,66,71)/t35-,37+,44+,45-,46-,47-,48-,53?/m0/s1. The van der Waals surface area contributed by atoms with Gasteiger partial charge in [-0.2, -0.15) is 0 Å². The Morgan fingerprint density at radius 3 is 2.25 bits per heavy atom. The van der Waals surface area contributed by atoms with Crippen LogP contribution in [0.4, 0.5) is 10.5 Å². The van der Waals surface area contributed by atoms with Gasteiger partial charge < -0.3 is 46.5 Å². The lowest BCUT2D eigenvalue weighted by molar-refractivity contribution is -0.144. The molecule has 7 rings (SSSR count). The SMILES string of the molecule is Cc1cc(CO[C@H](C)[C@H](CCC(N)=O)NC(=O)[C@@H]2Cc3cccc4c3N2C(=O)[C@@H](NC(=O)OC(C)(C)C)CC4)ccc1CCCCC(=O)NC(C(=O)N1C[C@H](O)C[C@H]1C(=O)N[C@@H](C)c1ccc(-c2scnc2C)cc1)C(C)(C)C. The van der Waals surface area contributed by atoms with Crippen molar-refractivity contribution < 1.29 is 48.1 Å². The lowest BCUT2D eigenvalue weighted by Gasteiger charge is -2.35. The van der Waals surface area contributed by atoms with Crippen molar-refractivity contribution >= 4 is 58.6 Å². The molecule has 0 radical (unpaired) electrons. The number of carbonyl (C=O) groups excluding carboxylic acids is 7. The number of hydrogen-bond donors (Lipinski definition) is 6. The summed E-state index contributed by atoms with van der Waals surface area (Å²) in [5.41, 5.74) is 14.3. The molecule has 3 aromatic carbocycles. The fourth-order valence-electron chi connectivity index (χ4n) is 10.7. The van der Waals surface area contributed by atoms with Crippen LogP contribution in [0.15, 0.2) is 66.2 Å². The number of carbonyl (C=O) groups is 7. The zero-order valence-corrected chi connectivity index (χ0v) is 48.2. The number of thiazole rings is 1. The highest BCUT2D eigenvalue weighted by Gasteiger charge is 2.46. The molecule has 79 heavy (non-hydrogen) atoms. The number of nitrogens with two attached hydrogens (primary N) is 1. The average Bonchev–Trinajstić information content (AvgIpc) is 4.33. The molecule has 7 N–H and O–H groups in total. The summed E-state index contributed by atoms with van der Waals surface area (Å²) in [6.45, 7) is 18.7. The summed E-state index contributed by atoms with van der Waals surface area (Å²) in [7, 11) is 0. The number of aromatic nitrogens is 1. The van der Waals surface area contributed by atoms with Crippen LogP contribution in [0.2, 0.25) is 0 Å². The number of β-amino-alcohol motifs (C(OH)–C–C–N with tert-alkyl or cyclic N) is 1. The van der Waals surface area contributed by atoms with Gasteiger partial charge in [0.15, 0.2) is 0 Å². The number of primary amides is 1. The van der Waals surface area contributed by atoms with Crippen molar-refractivity contribution in [1.29, 1.82) is 0 Å². The monoisotopic (exact) mass is 1100 g/mol. The van der Waals surface area contributed by atoms with E-state index in [1.165, 1.54) is 9.80 Å². The Morgan fingerprint density at radius 1 is 0.886 bits per heavy atom. The molecule has 3 aliphatic rings. The van der Waals surface area contributed by atoms with Gasteiger partial charge in [-0.1, -0.05) is 81.4 Å². The number of likely N-dealkylation sites (tertiary alicyclic amines) is 1. The largest absolute Gasteiger partial charge is 0.444 e. The number of hydrogen-bond acceptors (Lipinski definition) is 12. The van der Waals surface area contributed by atoms with E-state index in [0.29, 0.717) is 37.8 Å². The molecule has 0 bridgehead atoms. The van der Waals surface area contributed by atoms with Crippen molar-refractivity contribution in [2.24, 2.45) is 11.1 Å². The molecule has 4 aromatic rings. The van der Waals surface area contributed by atoms with Crippen LogP contribution < -0.4 is 31.9 Å². The van der Waals surface area contributed by atoms with E-state index in [1.54, 1.807) is 32.1 Å². The number of alkyl carbamates (subject to hydrolysis) is 1. The van der Waals surface area contributed by atoms with Gasteiger partial charge in [0.2, 0.25) is 35.4 Å². The Balaban J connectivity index is 0.895. The van der Waals surface area contributed by atoms with Crippen LogP contribution in [0.5, 0.6) is 0 Å². The van der Waals surface area contributed by atoms with E-state index in [2.05, 4.69) is 26.3 Å².